The molecule has 2 rings (SSSR count). The Bertz CT molecular complexity index is 594. The van der Waals surface area contributed by atoms with E-state index < -0.39 is 9.84 Å². The van der Waals surface area contributed by atoms with Crippen molar-refractivity contribution in [3.63, 3.8) is 0 Å². The van der Waals surface area contributed by atoms with Gasteiger partial charge in [-0.15, -0.1) is 11.3 Å². The molecule has 2 atom stereocenters. The van der Waals surface area contributed by atoms with Gasteiger partial charge in [0.2, 0.25) is 0 Å². The summed E-state index contributed by atoms with van der Waals surface area (Å²) in [6, 6.07) is 4.58. The normalized spacial score (nSPS) is 22.7. The minimum atomic E-state index is -2.83. The molecular formula is C15H25N3O2S2. The van der Waals surface area contributed by atoms with E-state index in [-0.39, 0.29) is 23.8 Å². The fraction of sp³-hybridized carbons (Fsp3) is 0.667. The van der Waals surface area contributed by atoms with Gasteiger partial charge in [-0.05, 0) is 44.6 Å². The van der Waals surface area contributed by atoms with Crippen LogP contribution in [-0.4, -0.2) is 38.5 Å². The van der Waals surface area contributed by atoms with Crippen molar-refractivity contribution in [1.29, 1.82) is 0 Å². The van der Waals surface area contributed by atoms with Crippen LogP contribution in [0, 0.1) is 5.92 Å². The summed E-state index contributed by atoms with van der Waals surface area (Å²) < 4.78 is 23.0. The average molecular weight is 344 g/mol. The second-order valence-corrected chi connectivity index (χ2v) is 9.35. The monoisotopic (exact) mass is 343 g/mol. The number of sulfone groups is 1. The van der Waals surface area contributed by atoms with E-state index in [2.05, 4.69) is 47.8 Å². The molecule has 2 unspecified atom stereocenters. The van der Waals surface area contributed by atoms with Crippen LogP contribution in [0.3, 0.4) is 0 Å². The first-order valence-electron chi connectivity index (χ1n) is 7.67. The van der Waals surface area contributed by atoms with Crippen LogP contribution in [-0.2, 0) is 9.84 Å². The van der Waals surface area contributed by atoms with Crippen molar-refractivity contribution in [1.82, 2.24) is 10.6 Å². The molecule has 0 saturated carbocycles. The van der Waals surface area contributed by atoms with Crippen LogP contribution in [0.25, 0.3) is 0 Å². The number of rotatable bonds is 5. The summed E-state index contributed by atoms with van der Waals surface area (Å²) in [5.41, 5.74) is 0. The first-order valence-corrected chi connectivity index (χ1v) is 10.4. The van der Waals surface area contributed by atoms with Crippen molar-refractivity contribution in [3.8, 4) is 0 Å². The first-order chi connectivity index (χ1) is 10.4. The summed E-state index contributed by atoms with van der Waals surface area (Å²) in [5, 5.41) is 8.77. The molecule has 1 saturated heterocycles. The molecule has 124 valence electrons. The van der Waals surface area contributed by atoms with Crippen LogP contribution in [0.15, 0.2) is 22.5 Å². The molecule has 1 aromatic heterocycles. The van der Waals surface area contributed by atoms with Gasteiger partial charge >= 0.3 is 0 Å². The number of nitrogens with one attached hydrogen (secondary N) is 2. The lowest BCUT2D eigenvalue weighted by Crippen LogP contribution is -2.42. The van der Waals surface area contributed by atoms with Crippen molar-refractivity contribution in [2.45, 2.75) is 39.3 Å². The van der Waals surface area contributed by atoms with Crippen molar-refractivity contribution in [3.05, 3.63) is 22.4 Å². The zero-order chi connectivity index (χ0) is 16.2. The Morgan fingerprint density at radius 3 is 2.73 bits per heavy atom. The maximum Gasteiger partial charge on any atom is 0.191 e. The zero-order valence-electron chi connectivity index (χ0n) is 13.4. The van der Waals surface area contributed by atoms with E-state index in [1.54, 1.807) is 11.3 Å². The van der Waals surface area contributed by atoms with Gasteiger partial charge in [-0.25, -0.2) is 8.42 Å². The predicted molar refractivity (Wildman–Crippen MR) is 93.2 cm³/mol. The highest BCUT2D eigenvalue weighted by atomic mass is 32.2. The summed E-state index contributed by atoms with van der Waals surface area (Å²) in [5.74, 6) is 1.47. The van der Waals surface area contributed by atoms with Crippen LogP contribution in [0.5, 0.6) is 0 Å². The lowest BCUT2D eigenvalue weighted by molar-refractivity contribution is 0.585. The molecule has 1 aromatic rings. The fourth-order valence-electron chi connectivity index (χ4n) is 2.46. The molecule has 0 radical (unpaired) electrons. The largest absolute Gasteiger partial charge is 0.354 e. The highest BCUT2D eigenvalue weighted by Crippen LogP contribution is 2.19. The minimum Gasteiger partial charge on any atom is -0.354 e. The van der Waals surface area contributed by atoms with Gasteiger partial charge in [-0.3, -0.25) is 4.99 Å². The smallest absolute Gasteiger partial charge is 0.191 e. The number of aliphatic imine (C=N–C) groups is 1. The summed E-state index contributed by atoms with van der Waals surface area (Å²) in [6.45, 7) is 6.78. The number of thiophene rings is 1. The molecule has 0 spiro atoms. The molecular weight excluding hydrogens is 318 g/mol. The molecule has 0 aliphatic carbocycles. The Morgan fingerprint density at radius 1 is 1.41 bits per heavy atom. The fourth-order valence-corrected chi connectivity index (χ4v) is 5.04. The molecule has 1 aliphatic rings. The van der Waals surface area contributed by atoms with Gasteiger partial charge in [-0.2, -0.15) is 0 Å². The van der Waals surface area contributed by atoms with Crippen molar-refractivity contribution in [2.75, 3.05) is 18.1 Å². The van der Waals surface area contributed by atoms with Gasteiger partial charge in [0.15, 0.2) is 15.8 Å². The van der Waals surface area contributed by atoms with Crippen LogP contribution in [0.1, 0.15) is 38.1 Å². The molecule has 22 heavy (non-hydrogen) atoms. The molecule has 0 aromatic carbocycles. The molecule has 2 N–H and O–H groups in total. The van der Waals surface area contributed by atoms with Gasteiger partial charge in [0.25, 0.3) is 0 Å². The summed E-state index contributed by atoms with van der Waals surface area (Å²) >= 11 is 1.71. The van der Waals surface area contributed by atoms with Gasteiger partial charge < -0.3 is 10.6 Å². The van der Waals surface area contributed by atoms with E-state index in [1.807, 2.05) is 6.07 Å². The molecule has 2 heterocycles. The molecule has 1 aliphatic heterocycles. The minimum absolute atomic E-state index is 0.146. The third-order valence-electron chi connectivity index (χ3n) is 3.58. The number of hydrogen-bond acceptors (Lipinski definition) is 4. The first kappa shape index (κ1) is 17.3. The van der Waals surface area contributed by atoms with E-state index in [4.69, 9.17) is 0 Å². The summed E-state index contributed by atoms with van der Waals surface area (Å²) in [7, 11) is -2.83. The zero-order valence-corrected chi connectivity index (χ0v) is 15.0. The quantitative estimate of drug-likeness (QED) is 0.635. The van der Waals surface area contributed by atoms with Crippen LogP contribution >= 0.6 is 11.3 Å². The topological polar surface area (TPSA) is 70.6 Å². The lowest BCUT2D eigenvalue weighted by atomic mass is 10.1. The Kier molecular flexibility index (Phi) is 5.86. The maximum atomic E-state index is 11.5. The van der Waals surface area contributed by atoms with Crippen molar-refractivity contribution < 1.29 is 8.42 Å². The third kappa shape index (κ3) is 5.28. The van der Waals surface area contributed by atoms with Gasteiger partial charge in [0, 0.05) is 17.5 Å². The molecule has 5 nitrogen and oxygen atoms in total. The summed E-state index contributed by atoms with van der Waals surface area (Å²) in [4.78, 5) is 5.85. The number of nitrogens with zero attached hydrogens (tertiary/aromatic N) is 1. The van der Waals surface area contributed by atoms with Gasteiger partial charge in [0.05, 0.1) is 17.5 Å². The SMILES string of the molecule is CC(C)NC(=NCC1CCS(=O)(=O)C1)NC(C)c1cccs1. The molecule has 7 heteroatoms. The lowest BCUT2D eigenvalue weighted by Gasteiger charge is -2.20. The average Bonchev–Trinajstić information content (AvgIpc) is 3.04. The molecule has 0 bridgehead atoms. The van der Waals surface area contributed by atoms with Crippen LogP contribution in [0.4, 0.5) is 0 Å². The van der Waals surface area contributed by atoms with Crippen molar-refractivity contribution >= 4 is 27.1 Å². The molecule has 0 amide bonds. The van der Waals surface area contributed by atoms with E-state index in [0.717, 1.165) is 12.4 Å². The van der Waals surface area contributed by atoms with E-state index >= 15 is 0 Å². The highest BCUT2D eigenvalue weighted by molar-refractivity contribution is 7.91. The Hall–Kier alpha value is -1.08. The number of hydrogen-bond donors (Lipinski definition) is 2. The summed E-state index contributed by atoms with van der Waals surface area (Å²) in [6.07, 6.45) is 0.723. The van der Waals surface area contributed by atoms with E-state index in [0.29, 0.717) is 12.3 Å². The van der Waals surface area contributed by atoms with Crippen molar-refractivity contribution in [2.24, 2.45) is 10.9 Å². The Balaban J connectivity index is 1.97. The third-order valence-corrected chi connectivity index (χ3v) is 6.47. The second kappa shape index (κ2) is 7.46. The second-order valence-electron chi connectivity index (χ2n) is 6.14. The molecule has 1 fully saturated rings. The maximum absolute atomic E-state index is 11.5. The van der Waals surface area contributed by atoms with E-state index in [1.165, 1.54) is 4.88 Å². The van der Waals surface area contributed by atoms with Crippen LogP contribution in [0.2, 0.25) is 0 Å². The standard InChI is InChI=1S/C15H25N3O2S2/c1-11(2)17-15(18-12(3)14-5-4-7-21-14)16-9-13-6-8-22(19,20)10-13/h4-5,7,11-13H,6,8-10H2,1-3H3,(H2,16,17,18). The predicted octanol–water partition coefficient (Wildman–Crippen LogP) is 2.19. The van der Waals surface area contributed by atoms with Crippen LogP contribution < -0.4 is 10.6 Å². The van der Waals surface area contributed by atoms with Gasteiger partial charge in [-0.1, -0.05) is 6.07 Å². The highest BCUT2D eigenvalue weighted by Gasteiger charge is 2.27. The Morgan fingerprint density at radius 2 is 2.18 bits per heavy atom. The van der Waals surface area contributed by atoms with Gasteiger partial charge in [0.1, 0.15) is 0 Å². The van der Waals surface area contributed by atoms with E-state index in [9.17, 15) is 8.42 Å². The number of guanidine groups is 1. The Labute approximate surface area is 137 Å².